The van der Waals surface area contributed by atoms with Gasteiger partial charge in [0, 0.05) is 42.1 Å². The number of carbonyl (C=O) groups excluding carboxylic acids is 2. The van der Waals surface area contributed by atoms with Crippen molar-refractivity contribution in [1.82, 2.24) is 9.88 Å². The molecule has 1 fully saturated rings. The Morgan fingerprint density at radius 1 is 1.23 bits per heavy atom. The molecule has 1 aliphatic heterocycles. The molecule has 0 radical (unpaired) electrons. The number of benzene rings is 2. The molecular formula is C32H36Cl3FN4O4. The van der Waals surface area contributed by atoms with E-state index in [1.165, 1.54) is 0 Å². The number of carbonyl (C=O) groups is 2. The highest BCUT2D eigenvalue weighted by Gasteiger charge is 2.33. The van der Waals surface area contributed by atoms with Crippen molar-refractivity contribution in [1.29, 1.82) is 5.26 Å². The molecule has 0 saturated carbocycles. The summed E-state index contributed by atoms with van der Waals surface area (Å²) in [5.74, 6) is -1.46. The van der Waals surface area contributed by atoms with Crippen LogP contribution in [0.1, 0.15) is 70.3 Å². The molecular weight excluding hydrogens is 630 g/mol. The van der Waals surface area contributed by atoms with Gasteiger partial charge in [-0.25, -0.2) is 19.0 Å². The summed E-state index contributed by atoms with van der Waals surface area (Å²) < 4.78 is 27.3. The second-order valence-electron chi connectivity index (χ2n) is 10.8. The molecule has 1 aliphatic rings. The number of ether oxygens (including phenoxy) is 2. The molecule has 8 nitrogen and oxygen atoms in total. The van der Waals surface area contributed by atoms with Crippen LogP contribution in [0.2, 0.25) is 15.2 Å². The molecule has 3 aromatic rings. The summed E-state index contributed by atoms with van der Waals surface area (Å²) in [6.45, 7) is 11.8. The minimum Gasteiger partial charge on any atom is -0.462 e. The standard InChI is InChI=1S/C30H30Cl3FN4O4.C2H6/c1-5-41-28(39)22-25(36-17-11-13-38(15-17)29(40)42-30(2,3)4)19-14-16(8-7-12-35)21(24(34)26(19)37-27(22)33)18-9-6-10-20(31)23(18)32;1-2/h6,9-10,14,17H,5,7-8,11,13,15H2,1-4H3,(H,36,37);1-2H3. The number of nitriles is 1. The largest absolute Gasteiger partial charge is 0.462 e. The lowest BCUT2D eigenvalue weighted by atomic mass is 9.92. The van der Waals surface area contributed by atoms with Crippen LogP contribution in [0.25, 0.3) is 22.0 Å². The van der Waals surface area contributed by atoms with E-state index in [-0.39, 0.29) is 75.0 Å². The van der Waals surface area contributed by atoms with Gasteiger partial charge in [-0.2, -0.15) is 5.26 Å². The van der Waals surface area contributed by atoms with Crippen LogP contribution < -0.4 is 5.32 Å². The highest BCUT2D eigenvalue weighted by atomic mass is 35.5. The monoisotopic (exact) mass is 664 g/mol. The molecule has 236 valence electrons. The molecule has 1 saturated heterocycles. The first-order chi connectivity index (χ1) is 20.9. The first-order valence-corrected chi connectivity index (χ1v) is 15.6. The van der Waals surface area contributed by atoms with Crippen LogP contribution in [0.3, 0.4) is 0 Å². The number of esters is 1. The molecule has 0 aliphatic carbocycles. The number of likely N-dealkylation sites (tertiary alicyclic amines) is 1. The third kappa shape index (κ3) is 7.84. The molecule has 12 heteroatoms. The van der Waals surface area contributed by atoms with Crippen LogP contribution in [0.15, 0.2) is 24.3 Å². The lowest BCUT2D eigenvalue weighted by Crippen LogP contribution is -2.36. The summed E-state index contributed by atoms with van der Waals surface area (Å²) in [7, 11) is 0. The van der Waals surface area contributed by atoms with Gasteiger partial charge in [-0.05, 0) is 58.2 Å². The Bertz CT molecular complexity index is 1590. The molecule has 2 heterocycles. The minimum absolute atomic E-state index is 0.0547. The smallest absolute Gasteiger partial charge is 0.410 e. The topological polar surface area (TPSA) is 105 Å². The van der Waals surface area contributed by atoms with E-state index in [1.54, 1.807) is 56.9 Å². The van der Waals surface area contributed by atoms with Crippen LogP contribution in [-0.2, 0) is 15.9 Å². The number of aryl methyl sites for hydroxylation is 1. The Kier molecular flexibility index (Phi) is 12.1. The van der Waals surface area contributed by atoms with Crippen LogP contribution in [0.4, 0.5) is 14.9 Å². The Morgan fingerprint density at radius 3 is 2.57 bits per heavy atom. The number of nitrogens with zero attached hydrogens (tertiary/aromatic N) is 3. The van der Waals surface area contributed by atoms with E-state index >= 15 is 4.39 Å². The molecule has 0 spiro atoms. The lowest BCUT2D eigenvalue weighted by Gasteiger charge is -2.25. The Hall–Kier alpha value is -3.32. The predicted molar refractivity (Wildman–Crippen MR) is 173 cm³/mol. The summed E-state index contributed by atoms with van der Waals surface area (Å²) >= 11 is 19.3. The van der Waals surface area contributed by atoms with E-state index in [1.807, 2.05) is 13.8 Å². The number of pyridine rings is 1. The molecule has 44 heavy (non-hydrogen) atoms. The maximum absolute atomic E-state index is 16.5. The van der Waals surface area contributed by atoms with Crippen molar-refractivity contribution in [3.05, 3.63) is 56.4 Å². The second-order valence-corrected chi connectivity index (χ2v) is 12.0. The number of hydrogen-bond acceptors (Lipinski definition) is 7. The second kappa shape index (κ2) is 15.1. The van der Waals surface area contributed by atoms with E-state index in [0.29, 0.717) is 24.1 Å². The molecule has 1 N–H and O–H groups in total. The summed E-state index contributed by atoms with van der Waals surface area (Å²) in [5.41, 5.74) is 0.345. The Balaban J connectivity index is 0.00000259. The molecule has 1 aromatic heterocycles. The van der Waals surface area contributed by atoms with Gasteiger partial charge in [0.05, 0.1) is 28.4 Å². The van der Waals surface area contributed by atoms with Gasteiger partial charge in [-0.15, -0.1) is 0 Å². The summed E-state index contributed by atoms with van der Waals surface area (Å²) in [5, 5.41) is 13.1. The van der Waals surface area contributed by atoms with Gasteiger partial charge >= 0.3 is 12.1 Å². The quantitative estimate of drug-likeness (QED) is 0.198. The van der Waals surface area contributed by atoms with Gasteiger partial charge in [-0.3, -0.25) is 0 Å². The molecule has 1 unspecified atom stereocenters. The van der Waals surface area contributed by atoms with E-state index in [0.717, 1.165) is 0 Å². The molecule has 4 rings (SSSR count). The van der Waals surface area contributed by atoms with Gasteiger partial charge in [0.15, 0.2) is 5.82 Å². The Morgan fingerprint density at radius 2 is 1.93 bits per heavy atom. The number of nitrogens with one attached hydrogen (secondary N) is 1. The number of aromatic nitrogens is 1. The number of amides is 1. The van der Waals surface area contributed by atoms with Crippen molar-refractivity contribution in [2.24, 2.45) is 0 Å². The highest BCUT2D eigenvalue weighted by molar-refractivity contribution is 6.43. The highest BCUT2D eigenvalue weighted by Crippen LogP contribution is 2.43. The predicted octanol–water partition coefficient (Wildman–Crippen LogP) is 9.08. The fraction of sp³-hybridized carbons (Fsp3) is 0.438. The summed E-state index contributed by atoms with van der Waals surface area (Å²) in [4.78, 5) is 31.6. The van der Waals surface area contributed by atoms with Gasteiger partial charge in [0.1, 0.15) is 21.8 Å². The zero-order chi connectivity index (χ0) is 32.8. The van der Waals surface area contributed by atoms with Crippen molar-refractivity contribution in [2.45, 2.75) is 72.4 Å². The summed E-state index contributed by atoms with van der Waals surface area (Å²) in [6.07, 6.45) is 0.359. The zero-order valence-electron chi connectivity index (χ0n) is 25.6. The number of anilines is 1. The van der Waals surface area contributed by atoms with E-state index in [4.69, 9.17) is 44.3 Å². The number of halogens is 4. The van der Waals surface area contributed by atoms with Crippen molar-refractivity contribution in [3.8, 4) is 17.2 Å². The first-order valence-electron chi connectivity index (χ1n) is 14.4. The maximum atomic E-state index is 16.5. The fourth-order valence-corrected chi connectivity index (χ4v) is 5.53. The van der Waals surface area contributed by atoms with Crippen molar-refractivity contribution < 1.29 is 23.5 Å². The van der Waals surface area contributed by atoms with Gasteiger partial charge in [-0.1, -0.05) is 60.8 Å². The Labute approximate surface area is 272 Å². The van der Waals surface area contributed by atoms with Gasteiger partial charge in [0.25, 0.3) is 0 Å². The summed E-state index contributed by atoms with van der Waals surface area (Å²) in [6, 6.07) is 8.32. The van der Waals surface area contributed by atoms with E-state index < -0.39 is 23.5 Å². The molecule has 0 bridgehead atoms. The SMILES string of the molecule is CC.CCOC(=O)c1c(Cl)nc2c(F)c(-c3cccc(Cl)c3Cl)c(CCC#N)cc2c1NC1CCN(C(=O)OC(C)(C)C)C1. The minimum atomic E-state index is -0.734. The van der Waals surface area contributed by atoms with E-state index in [9.17, 15) is 14.9 Å². The van der Waals surface area contributed by atoms with Gasteiger partial charge in [0.2, 0.25) is 0 Å². The third-order valence-electron chi connectivity index (χ3n) is 6.65. The van der Waals surface area contributed by atoms with Crippen molar-refractivity contribution >= 4 is 63.5 Å². The fourth-order valence-electron chi connectivity index (χ4n) is 4.87. The molecule has 1 amide bonds. The van der Waals surface area contributed by atoms with Crippen LogP contribution >= 0.6 is 34.8 Å². The first kappa shape index (κ1) is 35.2. The average molecular weight is 666 g/mol. The van der Waals surface area contributed by atoms with Gasteiger partial charge < -0.3 is 19.7 Å². The molecule has 1 atom stereocenters. The lowest BCUT2D eigenvalue weighted by molar-refractivity contribution is 0.0293. The van der Waals surface area contributed by atoms with Crippen LogP contribution in [0, 0.1) is 17.1 Å². The third-order valence-corrected chi connectivity index (χ3v) is 7.75. The van der Waals surface area contributed by atoms with Crippen molar-refractivity contribution in [2.75, 3.05) is 25.0 Å². The maximum Gasteiger partial charge on any atom is 0.410 e. The number of rotatable bonds is 7. The normalized spacial score (nSPS) is 14.5. The van der Waals surface area contributed by atoms with Crippen LogP contribution in [-0.4, -0.2) is 53.3 Å². The average Bonchev–Trinajstić information content (AvgIpc) is 3.43. The van der Waals surface area contributed by atoms with E-state index in [2.05, 4.69) is 16.4 Å². The van der Waals surface area contributed by atoms with Crippen molar-refractivity contribution in [3.63, 3.8) is 0 Å². The molecule has 2 aromatic carbocycles. The van der Waals surface area contributed by atoms with Crippen LogP contribution in [0.5, 0.6) is 0 Å². The number of fused-ring (bicyclic) bond motifs is 1. The number of hydrogen-bond donors (Lipinski definition) is 1. The zero-order valence-corrected chi connectivity index (χ0v) is 27.9.